The fourth-order valence-electron chi connectivity index (χ4n) is 7.57. The quantitative estimate of drug-likeness (QED) is 0.385. The largest absolute Gasteiger partial charge is 0.396 e. The lowest BCUT2D eigenvalue weighted by molar-refractivity contribution is -0.156. The van der Waals surface area contributed by atoms with Crippen LogP contribution in [0.5, 0.6) is 0 Å². The molecule has 0 aromatic heterocycles. The van der Waals surface area contributed by atoms with E-state index >= 15 is 0 Å². The molecular formula is C30H47N3O5. The Balaban J connectivity index is 1.77. The highest BCUT2D eigenvalue weighted by Gasteiger charge is 2.74. The van der Waals surface area contributed by atoms with Gasteiger partial charge in [-0.1, -0.05) is 57.9 Å². The normalized spacial score (nSPS) is 33.4. The van der Waals surface area contributed by atoms with E-state index in [1.54, 1.807) is 16.8 Å². The van der Waals surface area contributed by atoms with Gasteiger partial charge in [-0.15, -0.1) is 0 Å². The Morgan fingerprint density at radius 1 is 0.921 bits per heavy atom. The first-order valence-corrected chi connectivity index (χ1v) is 14.2. The summed E-state index contributed by atoms with van der Waals surface area (Å²) >= 11 is 0. The number of aliphatic hydroxyl groups excluding tert-OH is 1. The summed E-state index contributed by atoms with van der Waals surface area (Å²) in [4.78, 5) is 47.8. The monoisotopic (exact) mass is 529 g/mol. The Hall–Kier alpha value is -2.19. The van der Waals surface area contributed by atoms with Crippen LogP contribution in [0.15, 0.2) is 24.3 Å². The van der Waals surface area contributed by atoms with Gasteiger partial charge in [-0.3, -0.25) is 14.4 Å². The molecule has 0 aromatic carbocycles. The summed E-state index contributed by atoms with van der Waals surface area (Å²) in [5.41, 5.74) is -2.62. The summed E-state index contributed by atoms with van der Waals surface area (Å²) < 4.78 is 6.86. The first kappa shape index (κ1) is 28.8. The molecule has 1 unspecified atom stereocenters. The molecule has 4 aliphatic rings. The number of hydrogen-bond acceptors (Lipinski definition) is 5. The lowest BCUT2D eigenvalue weighted by Gasteiger charge is -2.44. The van der Waals surface area contributed by atoms with E-state index in [2.05, 4.69) is 34.6 Å². The third-order valence-electron chi connectivity index (χ3n) is 8.76. The summed E-state index contributed by atoms with van der Waals surface area (Å²) in [7, 11) is 1.75. The van der Waals surface area contributed by atoms with Crippen LogP contribution in [-0.4, -0.2) is 93.6 Å². The van der Waals surface area contributed by atoms with E-state index in [1.165, 1.54) is 0 Å². The second kappa shape index (κ2) is 10.1. The molecule has 38 heavy (non-hydrogen) atoms. The molecule has 2 saturated heterocycles. The number of carbonyl (C=O) groups is 3. The zero-order valence-electron chi connectivity index (χ0n) is 24.3. The van der Waals surface area contributed by atoms with E-state index < -0.39 is 34.6 Å². The Kier molecular flexibility index (Phi) is 7.65. The zero-order chi connectivity index (χ0) is 28.1. The van der Waals surface area contributed by atoms with E-state index in [1.807, 2.05) is 36.1 Å². The molecule has 5 atom stereocenters. The minimum atomic E-state index is -1.20. The average Bonchev–Trinajstić information content (AvgIpc) is 3.06. The van der Waals surface area contributed by atoms with Gasteiger partial charge in [-0.25, -0.2) is 0 Å². The Morgan fingerprint density at radius 3 is 2.24 bits per heavy atom. The van der Waals surface area contributed by atoms with Gasteiger partial charge in [0, 0.05) is 38.8 Å². The van der Waals surface area contributed by atoms with E-state index in [-0.39, 0.29) is 29.7 Å². The van der Waals surface area contributed by atoms with Gasteiger partial charge >= 0.3 is 0 Å². The van der Waals surface area contributed by atoms with Crippen molar-refractivity contribution in [3.05, 3.63) is 24.3 Å². The van der Waals surface area contributed by atoms with Crippen molar-refractivity contribution in [1.82, 2.24) is 14.7 Å². The number of rotatable bonds is 8. The Labute approximate surface area is 228 Å². The second-order valence-corrected chi connectivity index (χ2v) is 13.7. The van der Waals surface area contributed by atoms with Crippen LogP contribution in [0.4, 0.5) is 0 Å². The number of amides is 3. The highest BCUT2D eigenvalue weighted by molar-refractivity contribution is 6.00. The van der Waals surface area contributed by atoms with Crippen LogP contribution < -0.4 is 0 Å². The van der Waals surface area contributed by atoms with Crippen LogP contribution in [0.25, 0.3) is 0 Å². The van der Waals surface area contributed by atoms with Gasteiger partial charge in [0.25, 0.3) is 0 Å². The molecule has 0 radical (unpaired) electrons. The van der Waals surface area contributed by atoms with Gasteiger partial charge in [0.2, 0.25) is 17.7 Å². The summed E-state index contributed by atoms with van der Waals surface area (Å²) in [5, 5.41) is 9.16. The number of unbranched alkanes of at least 4 members (excludes halogenated alkanes) is 3. The molecule has 0 aromatic rings. The van der Waals surface area contributed by atoms with E-state index in [4.69, 9.17) is 9.84 Å². The van der Waals surface area contributed by atoms with Gasteiger partial charge < -0.3 is 24.5 Å². The van der Waals surface area contributed by atoms with E-state index in [9.17, 15) is 14.4 Å². The Bertz CT molecular complexity index is 1010. The van der Waals surface area contributed by atoms with Gasteiger partial charge in [0.05, 0.1) is 17.4 Å². The molecule has 0 bridgehead atoms. The zero-order valence-corrected chi connectivity index (χ0v) is 24.3. The lowest BCUT2D eigenvalue weighted by Crippen LogP contribution is -2.60. The number of likely N-dealkylation sites (tertiary alicyclic amines) is 1. The highest BCUT2D eigenvalue weighted by Crippen LogP contribution is 2.57. The molecule has 4 heterocycles. The molecule has 8 heteroatoms. The maximum Gasteiger partial charge on any atom is 0.249 e. The van der Waals surface area contributed by atoms with Crippen LogP contribution >= 0.6 is 0 Å². The molecule has 0 saturated carbocycles. The lowest BCUT2D eigenvalue weighted by atomic mass is 9.74. The first-order chi connectivity index (χ1) is 17.7. The molecule has 1 spiro atoms. The second-order valence-electron chi connectivity index (χ2n) is 13.7. The minimum Gasteiger partial charge on any atom is -0.396 e. The van der Waals surface area contributed by atoms with E-state index in [0.29, 0.717) is 19.6 Å². The van der Waals surface area contributed by atoms with Crippen molar-refractivity contribution in [3.63, 3.8) is 0 Å². The molecule has 2 fully saturated rings. The van der Waals surface area contributed by atoms with Gasteiger partial charge in [0.1, 0.15) is 11.6 Å². The van der Waals surface area contributed by atoms with Crippen LogP contribution in [0, 0.1) is 17.3 Å². The number of aliphatic hydroxyl groups is 1. The molecule has 8 nitrogen and oxygen atoms in total. The van der Waals surface area contributed by atoms with Crippen molar-refractivity contribution in [2.24, 2.45) is 17.3 Å². The van der Waals surface area contributed by atoms with Crippen molar-refractivity contribution in [1.29, 1.82) is 0 Å². The highest BCUT2D eigenvalue weighted by atomic mass is 16.5. The fourth-order valence-corrected chi connectivity index (χ4v) is 7.57. The number of hydrogen-bond donors (Lipinski definition) is 1. The summed E-state index contributed by atoms with van der Waals surface area (Å²) in [6.45, 7) is 14.0. The predicted molar refractivity (Wildman–Crippen MR) is 146 cm³/mol. The Morgan fingerprint density at radius 2 is 1.58 bits per heavy atom. The fraction of sp³-hybridized carbons (Fsp3) is 0.767. The molecule has 4 aliphatic heterocycles. The maximum atomic E-state index is 14.6. The number of ether oxygens (including phenoxy) is 1. The van der Waals surface area contributed by atoms with E-state index in [0.717, 1.165) is 32.1 Å². The third kappa shape index (κ3) is 4.83. The molecule has 1 N–H and O–H groups in total. The van der Waals surface area contributed by atoms with Crippen molar-refractivity contribution >= 4 is 17.7 Å². The molecule has 4 rings (SSSR count). The number of likely N-dealkylation sites (N-methyl/N-ethyl adjacent to an activating group) is 1. The van der Waals surface area contributed by atoms with Crippen LogP contribution in [0.2, 0.25) is 0 Å². The number of fused-ring (bicyclic) bond motifs is 2. The van der Waals surface area contributed by atoms with Gasteiger partial charge in [-0.05, 0) is 45.4 Å². The van der Waals surface area contributed by atoms with Crippen LogP contribution in [0.3, 0.4) is 0 Å². The molecule has 212 valence electrons. The standard InChI is InChI=1S/C30H47N3O5/c1-27(2,3)20-28(4,5)33-18-13-15-30-22(21-24(35)31(7)16-12-14-29(21,6)38-30)25(36)32(23(30)26(33)37)17-10-8-9-11-19-34/h12-15,21-23,34H,8-11,16-20H2,1-7H3/t21-,22+,23?,29+,30+/m1/s1. The van der Waals surface area contributed by atoms with Crippen LogP contribution in [-0.2, 0) is 19.1 Å². The molecule has 0 aliphatic carbocycles. The minimum absolute atomic E-state index is 0.00420. The van der Waals surface area contributed by atoms with Gasteiger partial charge in [0.15, 0.2) is 0 Å². The smallest absolute Gasteiger partial charge is 0.249 e. The summed E-state index contributed by atoms with van der Waals surface area (Å²) in [6.07, 6.45) is 11.7. The number of nitrogens with zero attached hydrogens (tertiary/aromatic N) is 3. The maximum absolute atomic E-state index is 14.6. The molecular weight excluding hydrogens is 482 g/mol. The van der Waals surface area contributed by atoms with Crippen molar-refractivity contribution in [2.75, 3.05) is 33.3 Å². The molecule has 3 amide bonds. The predicted octanol–water partition coefficient (Wildman–Crippen LogP) is 3.15. The van der Waals surface area contributed by atoms with Gasteiger partial charge in [-0.2, -0.15) is 0 Å². The first-order valence-electron chi connectivity index (χ1n) is 14.2. The summed E-state index contributed by atoms with van der Waals surface area (Å²) in [6, 6.07) is -0.828. The summed E-state index contributed by atoms with van der Waals surface area (Å²) in [5.74, 6) is -1.87. The van der Waals surface area contributed by atoms with Crippen molar-refractivity contribution in [2.45, 2.75) is 96.4 Å². The van der Waals surface area contributed by atoms with Crippen molar-refractivity contribution < 1.29 is 24.2 Å². The average molecular weight is 530 g/mol. The van der Waals surface area contributed by atoms with Crippen LogP contribution in [0.1, 0.15) is 73.6 Å². The SMILES string of the molecule is CN1CC=C[C@]2(C)O[C@]34C=CCN(C(C)(C)CC(C)(C)C)C(=O)C3N(CCCCCCO)C(=O)[C@@H]4[C@@H]2C1=O. The topological polar surface area (TPSA) is 90.4 Å². The van der Waals surface area contributed by atoms with Crippen molar-refractivity contribution in [3.8, 4) is 0 Å². The third-order valence-corrected chi connectivity index (χ3v) is 8.76. The number of carbonyl (C=O) groups excluding carboxylic acids is 3.